The van der Waals surface area contributed by atoms with Crippen molar-refractivity contribution in [2.75, 3.05) is 32.7 Å². The largest absolute Gasteiger partial charge is 0.462 e. The van der Waals surface area contributed by atoms with Crippen molar-refractivity contribution in [2.24, 2.45) is 23.2 Å². The van der Waals surface area contributed by atoms with Crippen LogP contribution in [0, 0.1) is 23.2 Å². The van der Waals surface area contributed by atoms with Crippen molar-refractivity contribution >= 4 is 5.97 Å². The van der Waals surface area contributed by atoms with Crippen LogP contribution >= 0.6 is 0 Å². The summed E-state index contributed by atoms with van der Waals surface area (Å²) >= 11 is 0. The fourth-order valence-corrected chi connectivity index (χ4v) is 8.83. The summed E-state index contributed by atoms with van der Waals surface area (Å²) in [7, 11) is 0. The molecule has 0 radical (unpaired) electrons. The van der Waals surface area contributed by atoms with Crippen LogP contribution in [0.1, 0.15) is 71.6 Å². The second-order valence-electron chi connectivity index (χ2n) is 12.0. The molecule has 4 heterocycles. The molecule has 5 heteroatoms. The van der Waals surface area contributed by atoms with E-state index in [9.17, 15) is 4.79 Å². The summed E-state index contributed by atoms with van der Waals surface area (Å²) in [5.41, 5.74) is 0.243. The first-order valence-corrected chi connectivity index (χ1v) is 13.1. The van der Waals surface area contributed by atoms with E-state index in [0.717, 1.165) is 19.0 Å². The summed E-state index contributed by atoms with van der Waals surface area (Å²) < 4.78 is 12.7. The van der Waals surface area contributed by atoms with Crippen molar-refractivity contribution in [3.05, 3.63) is 0 Å². The smallest absolute Gasteiger partial charge is 0.315 e. The first kappa shape index (κ1) is 20.0. The Morgan fingerprint density at radius 1 is 1.03 bits per heavy atom. The van der Waals surface area contributed by atoms with E-state index in [1.54, 1.807) is 4.90 Å². The SMILES string of the molecule is C[C@H]1CCC[C@]2(C)C[C@H]3OC(=O)[C@H](C[NH+]4CCC([NH+]5CCCCC5)CC4)[C@H]3[C@@H]3O[C@@]132. The molecule has 4 aliphatic heterocycles. The number of esters is 1. The Balaban J connectivity index is 1.12. The van der Waals surface area contributed by atoms with Gasteiger partial charge in [-0.3, -0.25) is 4.79 Å². The minimum absolute atomic E-state index is 0.0403. The molecule has 6 rings (SSSR count). The summed E-state index contributed by atoms with van der Waals surface area (Å²) in [5, 5.41) is 0. The molecular formula is C25H42N2O3+2. The lowest BCUT2D eigenvalue weighted by molar-refractivity contribution is -0.961. The molecule has 0 aromatic carbocycles. The summed E-state index contributed by atoms with van der Waals surface area (Å²) in [6.07, 6.45) is 12.1. The summed E-state index contributed by atoms with van der Waals surface area (Å²) in [4.78, 5) is 16.5. The number of carbonyl (C=O) groups is 1. The van der Waals surface area contributed by atoms with Crippen LogP contribution < -0.4 is 9.80 Å². The Morgan fingerprint density at radius 2 is 1.80 bits per heavy atom. The van der Waals surface area contributed by atoms with E-state index in [1.165, 1.54) is 77.5 Å². The molecule has 0 aromatic rings. The Labute approximate surface area is 181 Å². The minimum atomic E-state index is 0.0403. The number of hydrogen-bond donors (Lipinski definition) is 2. The number of carbonyl (C=O) groups excluding carboxylic acids is 1. The van der Waals surface area contributed by atoms with E-state index in [-0.39, 0.29) is 35.1 Å². The van der Waals surface area contributed by atoms with Crippen LogP contribution in [0.15, 0.2) is 0 Å². The Hall–Kier alpha value is -0.650. The third-order valence-corrected chi connectivity index (χ3v) is 10.5. The van der Waals surface area contributed by atoms with Crippen molar-refractivity contribution < 1.29 is 24.1 Å². The summed E-state index contributed by atoms with van der Waals surface area (Å²) in [6.45, 7) is 11.0. The topological polar surface area (TPSA) is 47.7 Å². The lowest BCUT2D eigenvalue weighted by Crippen LogP contribution is -3.21. The number of nitrogens with one attached hydrogen (secondary N) is 2. The highest BCUT2D eigenvalue weighted by atomic mass is 16.6. The van der Waals surface area contributed by atoms with Crippen LogP contribution in [0.3, 0.4) is 0 Å². The molecule has 30 heavy (non-hydrogen) atoms. The molecule has 0 aromatic heterocycles. The lowest BCUT2D eigenvalue weighted by Gasteiger charge is -2.48. The molecule has 1 spiro atoms. The van der Waals surface area contributed by atoms with Crippen LogP contribution in [0.25, 0.3) is 0 Å². The highest BCUT2D eigenvalue weighted by molar-refractivity contribution is 5.76. The van der Waals surface area contributed by atoms with Gasteiger partial charge in [-0.2, -0.15) is 0 Å². The van der Waals surface area contributed by atoms with Gasteiger partial charge in [0.05, 0.1) is 44.9 Å². The number of fused-ring (bicyclic) bond motifs is 2. The average molecular weight is 419 g/mol. The highest BCUT2D eigenvalue weighted by Crippen LogP contribution is 2.70. The third-order valence-electron chi connectivity index (χ3n) is 10.5. The molecular weight excluding hydrogens is 376 g/mol. The normalized spacial score (nSPS) is 53.4. The number of piperidine rings is 2. The minimum Gasteiger partial charge on any atom is -0.462 e. The van der Waals surface area contributed by atoms with E-state index in [2.05, 4.69) is 13.8 Å². The molecule has 2 saturated carbocycles. The van der Waals surface area contributed by atoms with Gasteiger partial charge in [0, 0.05) is 24.2 Å². The molecule has 4 saturated heterocycles. The van der Waals surface area contributed by atoms with E-state index in [4.69, 9.17) is 9.47 Å². The van der Waals surface area contributed by atoms with Gasteiger partial charge >= 0.3 is 5.97 Å². The molecule has 7 atom stereocenters. The predicted molar refractivity (Wildman–Crippen MR) is 113 cm³/mol. The first-order valence-electron chi connectivity index (χ1n) is 13.1. The summed E-state index contributed by atoms with van der Waals surface area (Å²) in [6, 6.07) is 0.867. The van der Waals surface area contributed by atoms with Gasteiger partial charge in [0.25, 0.3) is 0 Å². The van der Waals surface area contributed by atoms with Gasteiger partial charge in [0.1, 0.15) is 17.6 Å². The van der Waals surface area contributed by atoms with Crippen LogP contribution in [0.2, 0.25) is 0 Å². The van der Waals surface area contributed by atoms with Gasteiger partial charge in [0.15, 0.2) is 0 Å². The molecule has 2 aliphatic carbocycles. The van der Waals surface area contributed by atoms with E-state index >= 15 is 0 Å². The molecule has 0 amide bonds. The fraction of sp³-hybridized carbons (Fsp3) is 0.960. The Bertz CT molecular complexity index is 686. The van der Waals surface area contributed by atoms with Gasteiger partial charge in [0.2, 0.25) is 0 Å². The molecule has 168 valence electrons. The number of rotatable bonds is 3. The second-order valence-corrected chi connectivity index (χ2v) is 12.0. The van der Waals surface area contributed by atoms with Crippen LogP contribution in [0.4, 0.5) is 0 Å². The molecule has 6 fully saturated rings. The maximum atomic E-state index is 13.0. The van der Waals surface area contributed by atoms with Crippen LogP contribution in [-0.2, 0) is 14.3 Å². The maximum Gasteiger partial charge on any atom is 0.315 e. The van der Waals surface area contributed by atoms with E-state index < -0.39 is 0 Å². The number of likely N-dealkylation sites (tertiary alicyclic amines) is 2. The molecule has 6 aliphatic rings. The standard InChI is InChI=1S/C25H40N2O3/c1-17-7-6-10-24(2)15-20-21(22-25(17,24)30-22)19(23(28)29-20)16-26-13-8-18(9-14-26)27-11-4-3-5-12-27/h17-22H,3-16H2,1-2H3/p+2/t17-,19+,20+,21+,22-,24+,25-/m0/s1. The highest BCUT2D eigenvalue weighted by Gasteiger charge is 2.78. The quantitative estimate of drug-likeness (QED) is 0.522. The van der Waals surface area contributed by atoms with Gasteiger partial charge in [-0.1, -0.05) is 20.3 Å². The van der Waals surface area contributed by atoms with Gasteiger partial charge in [-0.15, -0.1) is 0 Å². The Morgan fingerprint density at radius 3 is 2.57 bits per heavy atom. The van der Waals surface area contributed by atoms with Crippen LogP contribution in [0.5, 0.6) is 0 Å². The Kier molecular flexibility index (Phi) is 4.78. The molecule has 0 bridgehead atoms. The van der Waals surface area contributed by atoms with Crippen molar-refractivity contribution in [3.63, 3.8) is 0 Å². The van der Waals surface area contributed by atoms with Crippen molar-refractivity contribution in [1.29, 1.82) is 0 Å². The lowest BCUT2D eigenvalue weighted by atomic mass is 9.53. The summed E-state index contributed by atoms with van der Waals surface area (Å²) in [5.74, 6) is 1.08. The fourth-order valence-electron chi connectivity index (χ4n) is 8.83. The van der Waals surface area contributed by atoms with Crippen molar-refractivity contribution in [3.8, 4) is 0 Å². The molecule has 2 N–H and O–H groups in total. The average Bonchev–Trinajstić information content (AvgIpc) is 3.44. The number of epoxide rings is 1. The van der Waals surface area contributed by atoms with E-state index in [1.807, 2.05) is 4.90 Å². The number of hydrogen-bond acceptors (Lipinski definition) is 3. The zero-order valence-corrected chi connectivity index (χ0v) is 19.1. The zero-order valence-electron chi connectivity index (χ0n) is 19.1. The zero-order chi connectivity index (χ0) is 20.5. The van der Waals surface area contributed by atoms with E-state index in [0.29, 0.717) is 11.8 Å². The monoisotopic (exact) mass is 418 g/mol. The number of ether oxygens (including phenoxy) is 2. The predicted octanol–water partition coefficient (Wildman–Crippen LogP) is 0.628. The third kappa shape index (κ3) is 2.87. The maximum absolute atomic E-state index is 13.0. The van der Waals surface area contributed by atoms with Crippen molar-refractivity contribution in [2.45, 2.75) is 95.5 Å². The van der Waals surface area contributed by atoms with Gasteiger partial charge in [-0.25, -0.2) is 0 Å². The number of quaternary nitrogens is 2. The first-order chi connectivity index (χ1) is 14.5. The van der Waals surface area contributed by atoms with Crippen molar-refractivity contribution in [1.82, 2.24) is 0 Å². The van der Waals surface area contributed by atoms with Gasteiger partial charge in [-0.05, 0) is 44.4 Å². The molecule has 0 unspecified atom stereocenters. The van der Waals surface area contributed by atoms with Gasteiger partial charge < -0.3 is 19.3 Å². The molecule has 5 nitrogen and oxygen atoms in total. The van der Waals surface area contributed by atoms with Crippen LogP contribution in [-0.4, -0.2) is 62.5 Å². The second kappa shape index (κ2) is 7.18.